The molecule has 0 bridgehead atoms. The molecule has 0 amide bonds. The van der Waals surface area contributed by atoms with Crippen molar-refractivity contribution in [3.05, 3.63) is 47.1 Å². The van der Waals surface area contributed by atoms with E-state index in [1.807, 2.05) is 0 Å². The number of hydrogen-bond acceptors (Lipinski definition) is 0. The van der Waals surface area contributed by atoms with E-state index in [1.54, 1.807) is 5.57 Å². The maximum atomic E-state index is 2.48. The van der Waals surface area contributed by atoms with Gasteiger partial charge in [0.15, 0.2) is 0 Å². The van der Waals surface area contributed by atoms with Gasteiger partial charge >= 0.3 is 0 Å². The summed E-state index contributed by atoms with van der Waals surface area (Å²) in [7, 11) is 0. The lowest BCUT2D eigenvalue weighted by Crippen LogP contribution is -2.22. The van der Waals surface area contributed by atoms with Crippen molar-refractivity contribution in [2.75, 3.05) is 0 Å². The lowest BCUT2D eigenvalue weighted by molar-refractivity contribution is 0.221. The Labute approximate surface area is 112 Å². The van der Waals surface area contributed by atoms with Crippen LogP contribution in [0.3, 0.4) is 0 Å². The van der Waals surface area contributed by atoms with Gasteiger partial charge in [0.05, 0.1) is 0 Å². The molecule has 0 aromatic rings. The van der Waals surface area contributed by atoms with E-state index < -0.39 is 0 Å². The molecule has 2 aliphatic carbocycles. The van der Waals surface area contributed by atoms with Crippen LogP contribution in [0.1, 0.15) is 53.4 Å². The number of allylic oxidation sites excluding steroid dienone is 8. The predicted octanol–water partition coefficient (Wildman–Crippen LogP) is 5.59. The molecule has 0 aromatic heterocycles. The summed E-state index contributed by atoms with van der Waals surface area (Å²) in [5, 5.41) is 0. The number of rotatable bonds is 1. The molecule has 0 saturated carbocycles. The highest BCUT2D eigenvalue weighted by molar-refractivity contribution is 5.45. The highest BCUT2D eigenvalue weighted by Gasteiger charge is 2.26. The Hall–Kier alpha value is -1.04. The Morgan fingerprint density at radius 1 is 1.17 bits per heavy atom. The van der Waals surface area contributed by atoms with Crippen molar-refractivity contribution in [3.63, 3.8) is 0 Å². The second-order valence-electron chi connectivity index (χ2n) is 6.81. The normalized spacial score (nSPS) is 25.1. The minimum Gasteiger partial charge on any atom is -0.0804 e. The lowest BCUT2D eigenvalue weighted by Gasteiger charge is -2.33. The number of hydrogen-bond donors (Lipinski definition) is 0. The highest BCUT2D eigenvalue weighted by Crippen LogP contribution is 2.39. The molecule has 0 aliphatic heterocycles. The molecule has 0 fully saturated rings. The monoisotopic (exact) mass is 242 g/mol. The molecule has 0 radical (unpaired) electrons. The predicted molar refractivity (Wildman–Crippen MR) is 80.5 cm³/mol. The van der Waals surface area contributed by atoms with Crippen molar-refractivity contribution in [1.82, 2.24) is 0 Å². The van der Waals surface area contributed by atoms with Crippen LogP contribution in [-0.2, 0) is 0 Å². The molecule has 18 heavy (non-hydrogen) atoms. The Kier molecular flexibility index (Phi) is 3.94. The molecule has 0 aromatic carbocycles. The van der Waals surface area contributed by atoms with Crippen LogP contribution in [0.15, 0.2) is 47.1 Å². The molecule has 0 heteroatoms. The first kappa shape index (κ1) is 13.4. The van der Waals surface area contributed by atoms with E-state index in [2.05, 4.69) is 58.1 Å². The average Bonchev–Trinajstić information content (AvgIpc) is 2.53. The first-order valence-corrected chi connectivity index (χ1v) is 7.20. The smallest absolute Gasteiger partial charge is 0.0135 e. The zero-order chi connectivity index (χ0) is 13.2. The second kappa shape index (κ2) is 5.30. The van der Waals surface area contributed by atoms with Gasteiger partial charge in [-0.1, -0.05) is 56.7 Å². The topological polar surface area (TPSA) is 0 Å². The van der Waals surface area contributed by atoms with Crippen LogP contribution in [0.5, 0.6) is 0 Å². The van der Waals surface area contributed by atoms with Gasteiger partial charge in [0.1, 0.15) is 0 Å². The minimum atomic E-state index is 0.451. The van der Waals surface area contributed by atoms with Crippen LogP contribution < -0.4 is 0 Å². The van der Waals surface area contributed by atoms with Crippen LogP contribution in [0.2, 0.25) is 0 Å². The maximum absolute atomic E-state index is 2.48. The third-order valence-corrected chi connectivity index (χ3v) is 4.29. The molecule has 2 rings (SSSR count). The largest absolute Gasteiger partial charge is 0.0804 e. The van der Waals surface area contributed by atoms with Gasteiger partial charge in [-0.2, -0.15) is 0 Å². The van der Waals surface area contributed by atoms with Gasteiger partial charge < -0.3 is 0 Å². The second-order valence-corrected chi connectivity index (χ2v) is 6.81. The van der Waals surface area contributed by atoms with E-state index in [0.29, 0.717) is 5.41 Å². The summed E-state index contributed by atoms with van der Waals surface area (Å²) in [5.41, 5.74) is 4.88. The molecule has 0 spiro atoms. The van der Waals surface area contributed by atoms with Crippen LogP contribution in [0.4, 0.5) is 0 Å². The minimum absolute atomic E-state index is 0.451. The van der Waals surface area contributed by atoms with Crippen LogP contribution in [-0.4, -0.2) is 0 Å². The van der Waals surface area contributed by atoms with Gasteiger partial charge in [-0.3, -0.25) is 0 Å². The molecule has 0 N–H and O–H groups in total. The van der Waals surface area contributed by atoms with E-state index in [0.717, 1.165) is 12.3 Å². The molecule has 1 unspecified atom stereocenters. The van der Waals surface area contributed by atoms with Crippen molar-refractivity contribution < 1.29 is 0 Å². The molecular formula is C18H26. The van der Waals surface area contributed by atoms with Crippen LogP contribution in [0.25, 0.3) is 0 Å². The lowest BCUT2D eigenvalue weighted by atomic mass is 9.72. The summed E-state index contributed by atoms with van der Waals surface area (Å²) in [5.74, 6) is 0.842. The van der Waals surface area contributed by atoms with Crippen molar-refractivity contribution >= 4 is 0 Å². The van der Waals surface area contributed by atoms with Crippen molar-refractivity contribution in [1.29, 1.82) is 0 Å². The molecule has 2 aliphatic rings. The molecule has 0 saturated heterocycles. The summed E-state index contributed by atoms with van der Waals surface area (Å²) in [6.45, 7) is 9.31. The van der Waals surface area contributed by atoms with E-state index in [-0.39, 0.29) is 0 Å². The third-order valence-electron chi connectivity index (χ3n) is 4.29. The summed E-state index contributed by atoms with van der Waals surface area (Å²) in [6, 6.07) is 0. The highest BCUT2D eigenvalue weighted by atomic mass is 14.3. The van der Waals surface area contributed by atoms with E-state index in [9.17, 15) is 0 Å². The van der Waals surface area contributed by atoms with Crippen LogP contribution in [0, 0.1) is 11.3 Å². The SMILES string of the molecule is CC1=CC=C(C2=CCC(C(C)(C)C)CC2)C=CC1. The van der Waals surface area contributed by atoms with Gasteiger partial charge in [0.25, 0.3) is 0 Å². The zero-order valence-corrected chi connectivity index (χ0v) is 12.3. The summed E-state index contributed by atoms with van der Waals surface area (Å²) in [4.78, 5) is 0. The maximum Gasteiger partial charge on any atom is -0.0135 e. The van der Waals surface area contributed by atoms with Crippen molar-refractivity contribution in [2.45, 2.75) is 53.4 Å². The fourth-order valence-electron chi connectivity index (χ4n) is 2.82. The summed E-state index contributed by atoms with van der Waals surface area (Å²) < 4.78 is 0. The third kappa shape index (κ3) is 3.25. The quantitative estimate of drug-likeness (QED) is 0.562. The molecule has 1 atom stereocenters. The van der Waals surface area contributed by atoms with Crippen molar-refractivity contribution in [2.24, 2.45) is 11.3 Å². The van der Waals surface area contributed by atoms with Gasteiger partial charge in [-0.25, -0.2) is 0 Å². The van der Waals surface area contributed by atoms with Gasteiger partial charge in [0.2, 0.25) is 0 Å². The molecule has 0 nitrogen and oxygen atoms in total. The molecule has 0 heterocycles. The van der Waals surface area contributed by atoms with E-state index in [1.165, 1.54) is 30.4 Å². The first-order valence-electron chi connectivity index (χ1n) is 7.20. The molecular weight excluding hydrogens is 216 g/mol. The Bertz CT molecular complexity index is 421. The Morgan fingerprint density at radius 2 is 1.94 bits per heavy atom. The fraction of sp³-hybridized carbons (Fsp3) is 0.556. The van der Waals surface area contributed by atoms with Gasteiger partial charge in [0, 0.05) is 0 Å². The van der Waals surface area contributed by atoms with E-state index in [4.69, 9.17) is 0 Å². The van der Waals surface area contributed by atoms with Gasteiger partial charge in [-0.05, 0) is 55.1 Å². The molecule has 98 valence electrons. The Morgan fingerprint density at radius 3 is 2.56 bits per heavy atom. The summed E-state index contributed by atoms with van der Waals surface area (Å²) >= 11 is 0. The fourth-order valence-corrected chi connectivity index (χ4v) is 2.82. The zero-order valence-electron chi connectivity index (χ0n) is 12.3. The Balaban J connectivity index is 2.11. The van der Waals surface area contributed by atoms with Crippen molar-refractivity contribution in [3.8, 4) is 0 Å². The average molecular weight is 242 g/mol. The van der Waals surface area contributed by atoms with Gasteiger partial charge in [-0.15, -0.1) is 0 Å². The van der Waals surface area contributed by atoms with Crippen LogP contribution >= 0.6 is 0 Å². The first-order chi connectivity index (χ1) is 8.47. The summed E-state index contributed by atoms with van der Waals surface area (Å²) in [6.07, 6.45) is 16.6. The van der Waals surface area contributed by atoms with E-state index >= 15 is 0 Å². The standard InChI is InChI=1S/C18H26/c1-14-6-5-7-15(9-8-14)16-10-12-17(13-11-16)18(2,3)4/h5,7-10,17H,6,11-13H2,1-4H3.